The maximum absolute atomic E-state index is 13.2. The Balaban J connectivity index is 1.18. The number of hydrogen-bond acceptors (Lipinski definition) is 5. The molecule has 2 amide bonds. The molecule has 5 rings (SSSR count). The van der Waals surface area contributed by atoms with E-state index in [2.05, 4.69) is 20.1 Å². The van der Waals surface area contributed by atoms with E-state index in [0.29, 0.717) is 50.7 Å². The number of aromatic amines is 1. The molecule has 2 aliphatic heterocycles. The Kier molecular flexibility index (Phi) is 6.24. The normalized spacial score (nSPS) is 18.7. The average molecular weight is 463 g/mol. The molecule has 8 nitrogen and oxygen atoms in total. The average Bonchev–Trinajstić information content (AvgIpc) is 3.39. The van der Waals surface area contributed by atoms with Crippen molar-refractivity contribution >= 4 is 17.5 Å². The van der Waals surface area contributed by atoms with Crippen molar-refractivity contribution in [2.75, 3.05) is 44.2 Å². The van der Waals surface area contributed by atoms with Gasteiger partial charge in [-0.15, -0.1) is 0 Å². The number of piperidine rings is 1. The fourth-order valence-electron chi connectivity index (χ4n) is 4.73. The first-order valence-electron chi connectivity index (χ1n) is 11.6. The summed E-state index contributed by atoms with van der Waals surface area (Å²) >= 11 is 0. The van der Waals surface area contributed by atoms with E-state index < -0.39 is 0 Å². The minimum atomic E-state index is -0.252. The van der Waals surface area contributed by atoms with Crippen molar-refractivity contribution in [3.63, 3.8) is 0 Å². The van der Waals surface area contributed by atoms with Crippen LogP contribution < -0.4 is 4.90 Å². The number of hydrogen-bond donors (Lipinski definition) is 1. The first kappa shape index (κ1) is 22.1. The summed E-state index contributed by atoms with van der Waals surface area (Å²) in [5.41, 5.74) is 2.97. The molecule has 0 saturated carbocycles. The van der Waals surface area contributed by atoms with Gasteiger partial charge in [-0.3, -0.25) is 19.7 Å². The van der Waals surface area contributed by atoms with Crippen molar-refractivity contribution in [1.29, 1.82) is 0 Å². The Hall–Kier alpha value is -3.75. The van der Waals surface area contributed by atoms with Gasteiger partial charge >= 0.3 is 0 Å². The SMILES string of the molecule is O=C(c1cc(-c2ccncc2)n[nH]1)N1CCCC(C(=O)N2CCN(c3ccc(F)cc3)CC2)C1. The first-order chi connectivity index (χ1) is 16.6. The number of nitrogens with zero attached hydrogens (tertiary/aromatic N) is 5. The maximum atomic E-state index is 13.2. The zero-order chi connectivity index (χ0) is 23.5. The summed E-state index contributed by atoms with van der Waals surface area (Å²) in [4.78, 5) is 36.2. The molecule has 1 atom stereocenters. The number of piperazine rings is 1. The minimum absolute atomic E-state index is 0.110. The van der Waals surface area contributed by atoms with Gasteiger partial charge in [-0.25, -0.2) is 4.39 Å². The third-order valence-corrected chi connectivity index (χ3v) is 6.63. The van der Waals surface area contributed by atoms with E-state index in [4.69, 9.17) is 0 Å². The molecule has 9 heteroatoms. The Morgan fingerprint density at radius 1 is 0.941 bits per heavy atom. The van der Waals surface area contributed by atoms with Crippen molar-refractivity contribution in [3.8, 4) is 11.3 Å². The third kappa shape index (κ3) is 4.64. The highest BCUT2D eigenvalue weighted by molar-refractivity contribution is 5.94. The maximum Gasteiger partial charge on any atom is 0.271 e. The number of amides is 2. The van der Waals surface area contributed by atoms with E-state index >= 15 is 0 Å². The number of benzene rings is 1. The quantitative estimate of drug-likeness (QED) is 0.645. The highest BCUT2D eigenvalue weighted by atomic mass is 19.1. The summed E-state index contributed by atoms with van der Waals surface area (Å²) in [5.74, 6) is -0.472. The molecule has 34 heavy (non-hydrogen) atoms. The van der Waals surface area contributed by atoms with Gasteiger partial charge in [-0.1, -0.05) is 0 Å². The number of carbonyl (C=O) groups excluding carboxylic acids is 2. The zero-order valence-corrected chi connectivity index (χ0v) is 18.9. The molecular weight excluding hydrogens is 435 g/mol. The van der Waals surface area contributed by atoms with Crippen LogP contribution in [0.5, 0.6) is 0 Å². The van der Waals surface area contributed by atoms with Crippen molar-refractivity contribution in [2.24, 2.45) is 5.92 Å². The van der Waals surface area contributed by atoms with Gasteiger partial charge in [0.25, 0.3) is 5.91 Å². The van der Waals surface area contributed by atoms with Crippen LogP contribution in [0.3, 0.4) is 0 Å². The molecular formula is C25H27FN6O2. The minimum Gasteiger partial charge on any atom is -0.368 e. The highest BCUT2D eigenvalue weighted by Gasteiger charge is 2.33. The Morgan fingerprint density at radius 2 is 1.68 bits per heavy atom. The van der Waals surface area contributed by atoms with E-state index in [-0.39, 0.29) is 23.5 Å². The molecule has 0 spiro atoms. The number of anilines is 1. The van der Waals surface area contributed by atoms with Crippen LogP contribution in [-0.4, -0.2) is 76.1 Å². The smallest absolute Gasteiger partial charge is 0.271 e. The zero-order valence-electron chi connectivity index (χ0n) is 18.9. The van der Waals surface area contributed by atoms with Gasteiger partial charge in [-0.05, 0) is 55.3 Å². The number of pyridine rings is 1. The van der Waals surface area contributed by atoms with Crippen LogP contribution in [0.1, 0.15) is 23.3 Å². The molecule has 3 aromatic rings. The predicted molar refractivity (Wildman–Crippen MR) is 126 cm³/mol. The summed E-state index contributed by atoms with van der Waals surface area (Å²) < 4.78 is 13.2. The molecule has 1 aromatic carbocycles. The predicted octanol–water partition coefficient (Wildman–Crippen LogP) is 2.81. The van der Waals surface area contributed by atoms with E-state index in [1.807, 2.05) is 17.0 Å². The van der Waals surface area contributed by atoms with Crippen molar-refractivity contribution in [1.82, 2.24) is 25.0 Å². The van der Waals surface area contributed by atoms with Gasteiger partial charge in [0.2, 0.25) is 5.91 Å². The van der Waals surface area contributed by atoms with Crippen molar-refractivity contribution < 1.29 is 14.0 Å². The van der Waals surface area contributed by atoms with Crippen LogP contribution >= 0.6 is 0 Å². The van der Waals surface area contributed by atoms with E-state index in [9.17, 15) is 14.0 Å². The summed E-state index contributed by atoms with van der Waals surface area (Å²) in [5, 5.41) is 7.11. The Morgan fingerprint density at radius 3 is 2.41 bits per heavy atom. The van der Waals surface area contributed by atoms with Crippen LogP contribution in [0.2, 0.25) is 0 Å². The van der Waals surface area contributed by atoms with Crippen LogP contribution in [0, 0.1) is 11.7 Å². The molecule has 2 saturated heterocycles. The summed E-state index contributed by atoms with van der Waals surface area (Å²) in [6.45, 7) is 3.70. The second-order valence-electron chi connectivity index (χ2n) is 8.78. The molecule has 2 aliphatic rings. The Labute approximate surface area is 197 Å². The number of likely N-dealkylation sites (tertiary alicyclic amines) is 1. The van der Waals surface area contributed by atoms with Gasteiger partial charge in [-0.2, -0.15) is 5.10 Å². The molecule has 4 heterocycles. The lowest BCUT2D eigenvalue weighted by Gasteiger charge is -2.39. The third-order valence-electron chi connectivity index (χ3n) is 6.63. The summed E-state index contributed by atoms with van der Waals surface area (Å²) in [7, 11) is 0. The molecule has 2 aromatic heterocycles. The molecule has 0 radical (unpaired) electrons. The van der Waals surface area contributed by atoms with Gasteiger partial charge in [0, 0.05) is 62.9 Å². The monoisotopic (exact) mass is 462 g/mol. The fourth-order valence-corrected chi connectivity index (χ4v) is 4.73. The van der Waals surface area contributed by atoms with Crippen LogP contribution in [0.15, 0.2) is 54.9 Å². The van der Waals surface area contributed by atoms with Crippen molar-refractivity contribution in [3.05, 3.63) is 66.4 Å². The molecule has 0 aliphatic carbocycles. The number of rotatable bonds is 4. The summed E-state index contributed by atoms with van der Waals surface area (Å²) in [6, 6.07) is 11.9. The van der Waals surface area contributed by atoms with E-state index in [1.54, 1.807) is 35.5 Å². The first-order valence-corrected chi connectivity index (χ1v) is 11.6. The highest BCUT2D eigenvalue weighted by Crippen LogP contribution is 2.24. The molecule has 1 N–H and O–H groups in total. The van der Waals surface area contributed by atoms with Crippen LogP contribution in [-0.2, 0) is 4.79 Å². The van der Waals surface area contributed by atoms with E-state index in [0.717, 1.165) is 24.1 Å². The van der Waals surface area contributed by atoms with Gasteiger partial charge in [0.1, 0.15) is 11.5 Å². The lowest BCUT2D eigenvalue weighted by atomic mass is 9.96. The fraction of sp³-hybridized carbons (Fsp3) is 0.360. The second-order valence-corrected chi connectivity index (χ2v) is 8.78. The van der Waals surface area contributed by atoms with Crippen LogP contribution in [0.25, 0.3) is 11.3 Å². The lowest BCUT2D eigenvalue weighted by Crippen LogP contribution is -2.53. The number of carbonyl (C=O) groups is 2. The second kappa shape index (κ2) is 9.62. The number of halogens is 1. The van der Waals surface area contributed by atoms with Crippen LogP contribution in [0.4, 0.5) is 10.1 Å². The number of H-pyrrole nitrogens is 1. The standard InChI is InChI=1S/C25H27FN6O2/c26-20-3-5-21(6-4-20)30-12-14-31(15-13-30)24(33)19-2-1-11-32(17-19)25(34)23-16-22(28-29-23)18-7-9-27-10-8-18/h3-10,16,19H,1-2,11-15,17H2,(H,28,29). The molecule has 176 valence electrons. The lowest BCUT2D eigenvalue weighted by molar-refractivity contribution is -0.137. The number of nitrogens with one attached hydrogen (secondary N) is 1. The van der Waals surface area contributed by atoms with Gasteiger partial charge in [0.15, 0.2) is 0 Å². The largest absolute Gasteiger partial charge is 0.368 e. The summed E-state index contributed by atoms with van der Waals surface area (Å²) in [6.07, 6.45) is 4.95. The molecule has 0 bridgehead atoms. The number of aromatic nitrogens is 3. The Bertz CT molecular complexity index is 1140. The van der Waals surface area contributed by atoms with Gasteiger partial charge < -0.3 is 14.7 Å². The van der Waals surface area contributed by atoms with Crippen molar-refractivity contribution in [2.45, 2.75) is 12.8 Å². The molecule has 1 unspecified atom stereocenters. The van der Waals surface area contributed by atoms with E-state index in [1.165, 1.54) is 12.1 Å². The van der Waals surface area contributed by atoms with Gasteiger partial charge in [0.05, 0.1) is 11.6 Å². The molecule has 2 fully saturated rings. The topological polar surface area (TPSA) is 85.4 Å².